The molecule has 1 atom stereocenters. The molecule has 0 aromatic heterocycles. The summed E-state index contributed by atoms with van der Waals surface area (Å²) in [7, 11) is -3.84. The van der Waals surface area contributed by atoms with Crippen molar-refractivity contribution in [3.8, 4) is 0 Å². The second-order valence-corrected chi connectivity index (χ2v) is 9.93. The molecular weight excluding hydrogens is 432 g/mol. The predicted octanol–water partition coefficient (Wildman–Crippen LogP) is 2.46. The third-order valence-electron chi connectivity index (χ3n) is 5.77. The van der Waals surface area contributed by atoms with Crippen molar-refractivity contribution in [3.05, 3.63) is 59.2 Å². The zero-order valence-corrected chi connectivity index (χ0v) is 18.5. The second kappa shape index (κ2) is 8.84. The summed E-state index contributed by atoms with van der Waals surface area (Å²) < 4.78 is 32.4. The molecule has 0 spiro atoms. The molecule has 2 aliphatic heterocycles. The van der Waals surface area contributed by atoms with E-state index in [0.29, 0.717) is 36.9 Å². The van der Waals surface area contributed by atoms with Gasteiger partial charge in [-0.2, -0.15) is 4.31 Å². The van der Waals surface area contributed by atoms with Gasteiger partial charge < -0.3 is 10.1 Å². The molecule has 2 heterocycles. The molecule has 8 nitrogen and oxygen atoms in total. The maximum absolute atomic E-state index is 13.0. The molecule has 1 saturated heterocycles. The fourth-order valence-corrected chi connectivity index (χ4v) is 5.63. The standard InChI is InChI=1S/C23H24N2O6S/c1-15-4-8-18(9-5-15)32(29,30)25-12-2-3-20(25)23(28)31-14-21(26)17-6-10-19-16(13-17)7-11-22(27)24-19/h4-6,8-10,13,20H,2-3,7,11-12,14H2,1H3,(H,24,27)/t20-/m0/s1. The number of ketones is 1. The molecule has 1 fully saturated rings. The Kier molecular flexibility index (Phi) is 6.12. The van der Waals surface area contributed by atoms with Crippen molar-refractivity contribution in [2.24, 2.45) is 0 Å². The summed E-state index contributed by atoms with van der Waals surface area (Å²) in [5, 5.41) is 2.75. The highest BCUT2D eigenvalue weighted by Gasteiger charge is 2.40. The third-order valence-corrected chi connectivity index (χ3v) is 7.69. The van der Waals surface area contributed by atoms with Gasteiger partial charge in [0.2, 0.25) is 15.9 Å². The molecular formula is C23H24N2O6S. The highest BCUT2D eigenvalue weighted by Crippen LogP contribution is 2.27. The number of anilines is 1. The molecule has 0 bridgehead atoms. The van der Waals surface area contributed by atoms with Crippen LogP contribution >= 0.6 is 0 Å². The lowest BCUT2D eigenvalue weighted by Crippen LogP contribution is -2.41. The average molecular weight is 457 g/mol. The Morgan fingerprint density at radius 1 is 1.12 bits per heavy atom. The van der Waals surface area contributed by atoms with Crippen molar-refractivity contribution in [3.63, 3.8) is 0 Å². The van der Waals surface area contributed by atoms with Crippen LogP contribution in [0.3, 0.4) is 0 Å². The van der Waals surface area contributed by atoms with E-state index in [0.717, 1.165) is 15.4 Å². The zero-order valence-electron chi connectivity index (χ0n) is 17.7. The van der Waals surface area contributed by atoms with Crippen LogP contribution in [0.4, 0.5) is 5.69 Å². The molecule has 2 aromatic rings. The van der Waals surface area contributed by atoms with E-state index in [1.807, 2.05) is 6.92 Å². The van der Waals surface area contributed by atoms with E-state index in [1.165, 1.54) is 12.1 Å². The van der Waals surface area contributed by atoms with Gasteiger partial charge in [-0.25, -0.2) is 8.42 Å². The number of ether oxygens (including phenoxy) is 1. The lowest BCUT2D eigenvalue weighted by Gasteiger charge is -2.22. The van der Waals surface area contributed by atoms with Crippen LogP contribution in [-0.2, 0) is 30.8 Å². The summed E-state index contributed by atoms with van der Waals surface area (Å²) in [6.45, 7) is 1.61. The van der Waals surface area contributed by atoms with Crippen LogP contribution in [0, 0.1) is 6.92 Å². The van der Waals surface area contributed by atoms with Gasteiger partial charge in [0, 0.05) is 24.2 Å². The van der Waals surface area contributed by atoms with Crippen molar-refractivity contribution in [1.82, 2.24) is 4.31 Å². The van der Waals surface area contributed by atoms with E-state index in [4.69, 9.17) is 4.74 Å². The highest BCUT2D eigenvalue weighted by atomic mass is 32.2. The Bertz CT molecular complexity index is 1170. The highest BCUT2D eigenvalue weighted by molar-refractivity contribution is 7.89. The molecule has 2 aliphatic rings. The number of benzene rings is 2. The normalized spacial score (nSPS) is 18.7. The number of esters is 1. The summed E-state index contributed by atoms with van der Waals surface area (Å²) in [6, 6.07) is 10.4. The summed E-state index contributed by atoms with van der Waals surface area (Å²) in [5.41, 5.74) is 2.85. The van der Waals surface area contributed by atoms with E-state index in [1.54, 1.807) is 30.3 Å². The number of nitrogens with one attached hydrogen (secondary N) is 1. The van der Waals surface area contributed by atoms with Crippen LogP contribution in [-0.4, -0.2) is 49.6 Å². The number of sulfonamides is 1. The smallest absolute Gasteiger partial charge is 0.324 e. The van der Waals surface area contributed by atoms with E-state index in [2.05, 4.69) is 5.32 Å². The van der Waals surface area contributed by atoms with E-state index in [9.17, 15) is 22.8 Å². The summed E-state index contributed by atoms with van der Waals surface area (Å²) >= 11 is 0. The molecule has 2 aromatic carbocycles. The largest absolute Gasteiger partial charge is 0.456 e. The first-order chi connectivity index (χ1) is 15.3. The fourth-order valence-electron chi connectivity index (χ4n) is 3.98. The van der Waals surface area contributed by atoms with Gasteiger partial charge in [-0.3, -0.25) is 14.4 Å². The number of amides is 1. The number of aryl methyl sites for hydroxylation is 2. The maximum Gasteiger partial charge on any atom is 0.324 e. The Labute approximate surface area is 186 Å². The maximum atomic E-state index is 13.0. The van der Waals surface area contributed by atoms with Crippen LogP contribution in [0.15, 0.2) is 47.4 Å². The minimum absolute atomic E-state index is 0.0628. The minimum Gasteiger partial charge on any atom is -0.456 e. The molecule has 1 amide bonds. The lowest BCUT2D eigenvalue weighted by atomic mass is 9.99. The van der Waals surface area contributed by atoms with Gasteiger partial charge in [0.05, 0.1) is 4.90 Å². The van der Waals surface area contributed by atoms with E-state index >= 15 is 0 Å². The van der Waals surface area contributed by atoms with Crippen LogP contribution in [0.1, 0.15) is 40.7 Å². The first-order valence-corrected chi connectivity index (χ1v) is 11.9. The molecule has 168 valence electrons. The topological polar surface area (TPSA) is 110 Å². The number of hydrogen-bond acceptors (Lipinski definition) is 6. The Morgan fingerprint density at radius 2 is 1.88 bits per heavy atom. The van der Waals surface area contributed by atoms with Gasteiger partial charge >= 0.3 is 5.97 Å². The minimum atomic E-state index is -3.84. The Balaban J connectivity index is 1.41. The zero-order chi connectivity index (χ0) is 22.9. The molecule has 0 aliphatic carbocycles. The van der Waals surface area contributed by atoms with Crippen molar-refractivity contribution < 1.29 is 27.5 Å². The van der Waals surface area contributed by atoms with Gasteiger partial charge in [0.15, 0.2) is 12.4 Å². The third kappa shape index (κ3) is 4.44. The van der Waals surface area contributed by atoms with Gasteiger partial charge in [0.25, 0.3) is 0 Å². The quantitative estimate of drug-likeness (QED) is 0.528. The summed E-state index contributed by atoms with van der Waals surface area (Å²) in [5.74, 6) is -1.17. The molecule has 0 unspecified atom stereocenters. The fraction of sp³-hybridized carbons (Fsp3) is 0.348. The van der Waals surface area contributed by atoms with E-state index in [-0.39, 0.29) is 23.1 Å². The number of fused-ring (bicyclic) bond motifs is 1. The molecule has 0 saturated carbocycles. The monoisotopic (exact) mass is 456 g/mol. The first kappa shape index (κ1) is 22.2. The second-order valence-electron chi connectivity index (χ2n) is 8.04. The SMILES string of the molecule is Cc1ccc(S(=O)(=O)N2CCC[C@H]2C(=O)OCC(=O)c2ccc3c(c2)CCC(=O)N3)cc1. The molecule has 4 rings (SSSR count). The van der Waals surface area contributed by atoms with Crippen molar-refractivity contribution in [2.45, 2.75) is 43.5 Å². The van der Waals surface area contributed by atoms with Crippen LogP contribution < -0.4 is 5.32 Å². The van der Waals surface area contributed by atoms with Crippen LogP contribution in [0.5, 0.6) is 0 Å². The lowest BCUT2D eigenvalue weighted by molar-refractivity contribution is -0.146. The predicted molar refractivity (Wildman–Crippen MR) is 117 cm³/mol. The van der Waals surface area contributed by atoms with E-state index < -0.39 is 28.6 Å². The van der Waals surface area contributed by atoms with Gasteiger partial charge in [-0.1, -0.05) is 17.7 Å². The number of hydrogen-bond donors (Lipinski definition) is 1. The molecule has 32 heavy (non-hydrogen) atoms. The number of rotatable bonds is 6. The first-order valence-electron chi connectivity index (χ1n) is 10.5. The molecule has 0 radical (unpaired) electrons. The molecule has 1 N–H and O–H groups in total. The molecule has 9 heteroatoms. The van der Waals surface area contributed by atoms with Gasteiger partial charge in [-0.05, 0) is 62.1 Å². The van der Waals surface area contributed by atoms with Crippen molar-refractivity contribution in [1.29, 1.82) is 0 Å². The van der Waals surface area contributed by atoms with Crippen molar-refractivity contribution in [2.75, 3.05) is 18.5 Å². The van der Waals surface area contributed by atoms with Crippen LogP contribution in [0.25, 0.3) is 0 Å². The van der Waals surface area contributed by atoms with Gasteiger partial charge in [-0.15, -0.1) is 0 Å². The Morgan fingerprint density at radius 3 is 2.62 bits per heavy atom. The average Bonchev–Trinajstić information content (AvgIpc) is 3.28. The number of nitrogens with zero attached hydrogens (tertiary/aromatic N) is 1. The number of carbonyl (C=O) groups excluding carboxylic acids is 3. The van der Waals surface area contributed by atoms with Gasteiger partial charge in [0.1, 0.15) is 6.04 Å². The Hall–Kier alpha value is -3.04. The number of Topliss-reactive ketones (excluding diaryl/α,β-unsaturated/α-hetero) is 1. The van der Waals surface area contributed by atoms with Crippen molar-refractivity contribution >= 4 is 33.4 Å². The summed E-state index contributed by atoms with van der Waals surface area (Å²) in [4.78, 5) is 36.8. The summed E-state index contributed by atoms with van der Waals surface area (Å²) in [6.07, 6.45) is 1.77. The number of carbonyl (C=O) groups is 3. The van der Waals surface area contributed by atoms with Crippen LogP contribution in [0.2, 0.25) is 0 Å².